The molecule has 14 heavy (non-hydrogen) atoms. The largest absolute Gasteiger partial charge is 0.300 e. The summed E-state index contributed by atoms with van der Waals surface area (Å²) in [5.74, 6) is 0.918. The Balaban J connectivity index is 2.22. The predicted octanol–water partition coefficient (Wildman–Crippen LogP) is 3.22. The second-order valence-corrected chi connectivity index (χ2v) is 4.19. The molecule has 0 N–H and O–H groups in total. The van der Waals surface area contributed by atoms with E-state index in [2.05, 4.69) is 31.2 Å². The van der Waals surface area contributed by atoms with Gasteiger partial charge in [-0.1, -0.05) is 24.3 Å². The highest BCUT2D eigenvalue weighted by atomic mass is 16.1. The normalized spacial score (nSPS) is 22.4. The highest BCUT2D eigenvalue weighted by Gasteiger charge is 2.21. The van der Waals surface area contributed by atoms with Crippen molar-refractivity contribution in [3.05, 3.63) is 35.4 Å². The van der Waals surface area contributed by atoms with Crippen LogP contribution in [0.2, 0.25) is 0 Å². The van der Waals surface area contributed by atoms with Gasteiger partial charge < -0.3 is 0 Å². The molecule has 0 bridgehead atoms. The Labute approximate surface area is 85.1 Å². The first-order chi connectivity index (χ1) is 6.77. The number of carbonyl (C=O) groups is 1. The predicted molar refractivity (Wildman–Crippen MR) is 57.4 cm³/mol. The molecule has 1 fully saturated rings. The summed E-state index contributed by atoms with van der Waals surface area (Å²) in [5, 5.41) is 0. The average molecular weight is 188 g/mol. The summed E-state index contributed by atoms with van der Waals surface area (Å²) in [6, 6.07) is 8.43. The van der Waals surface area contributed by atoms with Crippen LogP contribution in [0, 0.1) is 6.92 Å². The number of ketones is 1. The van der Waals surface area contributed by atoms with Gasteiger partial charge in [-0.3, -0.25) is 4.79 Å². The van der Waals surface area contributed by atoms with E-state index in [9.17, 15) is 4.79 Å². The fourth-order valence-electron chi connectivity index (χ4n) is 2.33. The number of benzene rings is 1. The molecule has 0 aromatic heterocycles. The lowest BCUT2D eigenvalue weighted by molar-refractivity contribution is -0.120. The third-order valence-electron chi connectivity index (χ3n) is 3.11. The first-order valence-corrected chi connectivity index (χ1v) is 5.34. The number of rotatable bonds is 1. The SMILES string of the molecule is Cc1ccccc1C1CCCC(=O)C1. The van der Waals surface area contributed by atoms with E-state index < -0.39 is 0 Å². The van der Waals surface area contributed by atoms with Gasteiger partial charge in [-0.05, 0) is 36.8 Å². The zero-order chi connectivity index (χ0) is 9.97. The fraction of sp³-hybridized carbons (Fsp3) is 0.462. The van der Waals surface area contributed by atoms with Crippen molar-refractivity contribution in [1.82, 2.24) is 0 Å². The van der Waals surface area contributed by atoms with Crippen LogP contribution < -0.4 is 0 Å². The van der Waals surface area contributed by atoms with Crippen molar-refractivity contribution >= 4 is 5.78 Å². The molecule has 2 rings (SSSR count). The van der Waals surface area contributed by atoms with Gasteiger partial charge in [0.15, 0.2) is 0 Å². The topological polar surface area (TPSA) is 17.1 Å². The molecule has 1 aliphatic rings. The maximum absolute atomic E-state index is 11.4. The standard InChI is InChI=1S/C13H16O/c1-10-5-2-3-8-13(10)11-6-4-7-12(14)9-11/h2-3,5,8,11H,4,6-7,9H2,1H3. The average Bonchev–Trinajstić information content (AvgIpc) is 2.18. The fourth-order valence-corrected chi connectivity index (χ4v) is 2.33. The molecule has 0 radical (unpaired) electrons. The zero-order valence-corrected chi connectivity index (χ0v) is 8.62. The summed E-state index contributed by atoms with van der Waals surface area (Å²) in [5.41, 5.74) is 2.70. The smallest absolute Gasteiger partial charge is 0.133 e. The molecule has 1 aliphatic carbocycles. The molecule has 1 unspecified atom stereocenters. The van der Waals surface area contributed by atoms with Crippen molar-refractivity contribution in [3.8, 4) is 0 Å². The van der Waals surface area contributed by atoms with Crippen molar-refractivity contribution < 1.29 is 4.79 Å². The van der Waals surface area contributed by atoms with Crippen LogP contribution in [0.1, 0.15) is 42.7 Å². The summed E-state index contributed by atoms with van der Waals surface area (Å²) in [6.45, 7) is 2.13. The lowest BCUT2D eigenvalue weighted by Crippen LogP contribution is -2.14. The maximum Gasteiger partial charge on any atom is 0.133 e. The van der Waals surface area contributed by atoms with Crippen molar-refractivity contribution in [2.75, 3.05) is 0 Å². The van der Waals surface area contributed by atoms with E-state index in [-0.39, 0.29) is 0 Å². The molecule has 0 saturated heterocycles. The molecule has 74 valence electrons. The van der Waals surface area contributed by atoms with Gasteiger partial charge in [0, 0.05) is 12.8 Å². The lowest BCUT2D eigenvalue weighted by Gasteiger charge is -2.22. The zero-order valence-electron chi connectivity index (χ0n) is 8.62. The van der Waals surface area contributed by atoms with Gasteiger partial charge in [0.2, 0.25) is 0 Å². The van der Waals surface area contributed by atoms with Crippen LogP contribution in [-0.4, -0.2) is 5.78 Å². The van der Waals surface area contributed by atoms with E-state index >= 15 is 0 Å². The van der Waals surface area contributed by atoms with Crippen molar-refractivity contribution in [2.45, 2.75) is 38.5 Å². The molecular weight excluding hydrogens is 172 g/mol. The van der Waals surface area contributed by atoms with E-state index in [1.165, 1.54) is 17.5 Å². The van der Waals surface area contributed by atoms with Crippen LogP contribution in [0.5, 0.6) is 0 Å². The minimum Gasteiger partial charge on any atom is -0.300 e. The highest BCUT2D eigenvalue weighted by molar-refractivity contribution is 5.80. The summed E-state index contributed by atoms with van der Waals surface area (Å²) in [7, 11) is 0. The van der Waals surface area contributed by atoms with E-state index in [4.69, 9.17) is 0 Å². The minimum absolute atomic E-state index is 0.435. The van der Waals surface area contributed by atoms with Gasteiger partial charge in [-0.25, -0.2) is 0 Å². The Morgan fingerprint density at radius 2 is 2.07 bits per heavy atom. The number of aryl methyl sites for hydroxylation is 1. The number of hydrogen-bond donors (Lipinski definition) is 0. The van der Waals surface area contributed by atoms with Crippen LogP contribution >= 0.6 is 0 Å². The third-order valence-corrected chi connectivity index (χ3v) is 3.11. The van der Waals surface area contributed by atoms with E-state index in [0.29, 0.717) is 11.7 Å². The summed E-state index contributed by atoms with van der Waals surface area (Å²) >= 11 is 0. The molecule has 1 aromatic rings. The second-order valence-electron chi connectivity index (χ2n) is 4.19. The Bertz CT molecular complexity index is 341. The van der Waals surface area contributed by atoms with Gasteiger partial charge in [0.25, 0.3) is 0 Å². The molecule has 1 nitrogen and oxygen atoms in total. The number of hydrogen-bond acceptors (Lipinski definition) is 1. The van der Waals surface area contributed by atoms with Gasteiger partial charge in [0.05, 0.1) is 0 Å². The molecule has 0 spiro atoms. The summed E-state index contributed by atoms with van der Waals surface area (Å²) in [6.07, 6.45) is 3.79. The quantitative estimate of drug-likeness (QED) is 0.661. The number of carbonyl (C=O) groups excluding carboxylic acids is 1. The Kier molecular flexibility index (Phi) is 2.67. The van der Waals surface area contributed by atoms with Crippen LogP contribution in [0.15, 0.2) is 24.3 Å². The van der Waals surface area contributed by atoms with Crippen LogP contribution in [0.3, 0.4) is 0 Å². The molecule has 1 aromatic carbocycles. The van der Waals surface area contributed by atoms with Gasteiger partial charge in [-0.2, -0.15) is 0 Å². The van der Waals surface area contributed by atoms with E-state index in [1.54, 1.807) is 0 Å². The van der Waals surface area contributed by atoms with Crippen LogP contribution in [0.4, 0.5) is 0 Å². The van der Waals surface area contributed by atoms with Crippen molar-refractivity contribution in [2.24, 2.45) is 0 Å². The highest BCUT2D eigenvalue weighted by Crippen LogP contribution is 2.32. The molecule has 0 amide bonds. The molecular formula is C13H16O. The third kappa shape index (κ3) is 1.87. The van der Waals surface area contributed by atoms with Gasteiger partial charge in [0.1, 0.15) is 5.78 Å². The van der Waals surface area contributed by atoms with E-state index in [0.717, 1.165) is 19.3 Å². The Morgan fingerprint density at radius 1 is 1.29 bits per heavy atom. The first kappa shape index (κ1) is 9.45. The summed E-state index contributed by atoms with van der Waals surface area (Å²) < 4.78 is 0. The number of Topliss-reactive ketones (excluding diaryl/α,β-unsaturated/α-hetero) is 1. The van der Waals surface area contributed by atoms with Gasteiger partial charge in [-0.15, -0.1) is 0 Å². The Hall–Kier alpha value is -1.11. The Morgan fingerprint density at radius 3 is 2.79 bits per heavy atom. The molecule has 0 aliphatic heterocycles. The monoisotopic (exact) mass is 188 g/mol. The van der Waals surface area contributed by atoms with E-state index in [1.807, 2.05) is 0 Å². The minimum atomic E-state index is 0.435. The second kappa shape index (κ2) is 3.95. The molecule has 1 atom stereocenters. The van der Waals surface area contributed by atoms with Crippen molar-refractivity contribution in [3.63, 3.8) is 0 Å². The molecule has 1 saturated carbocycles. The summed E-state index contributed by atoms with van der Waals surface area (Å²) in [4.78, 5) is 11.4. The van der Waals surface area contributed by atoms with Crippen LogP contribution in [0.25, 0.3) is 0 Å². The first-order valence-electron chi connectivity index (χ1n) is 5.34. The maximum atomic E-state index is 11.4. The van der Waals surface area contributed by atoms with Crippen molar-refractivity contribution in [1.29, 1.82) is 0 Å². The lowest BCUT2D eigenvalue weighted by atomic mass is 9.82. The molecule has 0 heterocycles. The van der Waals surface area contributed by atoms with Gasteiger partial charge >= 0.3 is 0 Å². The molecule has 1 heteroatoms. The van der Waals surface area contributed by atoms with Crippen LogP contribution in [-0.2, 0) is 4.79 Å².